The van der Waals surface area contributed by atoms with Crippen molar-refractivity contribution in [3.05, 3.63) is 34.3 Å². The molecule has 1 rings (SSSR count). The van der Waals surface area contributed by atoms with E-state index in [1.54, 1.807) is 6.92 Å². The smallest absolute Gasteiger partial charge is 0.151 e. The highest BCUT2D eigenvalue weighted by Gasteiger charge is 2.26. The maximum atomic E-state index is 11.7. The van der Waals surface area contributed by atoms with Gasteiger partial charge in [-0.1, -0.05) is 35.0 Å². The van der Waals surface area contributed by atoms with Crippen LogP contribution in [-0.4, -0.2) is 26.5 Å². The van der Waals surface area contributed by atoms with Gasteiger partial charge in [0.05, 0.1) is 5.25 Å². The lowest BCUT2D eigenvalue weighted by molar-refractivity contribution is 0.500. The van der Waals surface area contributed by atoms with Crippen LogP contribution in [0, 0.1) is 0 Å². The van der Waals surface area contributed by atoms with Crippen molar-refractivity contribution in [1.82, 2.24) is 5.32 Å². The Bertz CT molecular complexity index is 470. The lowest BCUT2D eigenvalue weighted by Crippen LogP contribution is -2.35. The molecule has 0 aliphatic heterocycles. The van der Waals surface area contributed by atoms with Gasteiger partial charge in [0.25, 0.3) is 0 Å². The molecule has 102 valence electrons. The van der Waals surface area contributed by atoms with Crippen LogP contribution >= 0.6 is 15.9 Å². The molecule has 0 spiro atoms. The summed E-state index contributed by atoms with van der Waals surface area (Å²) in [4.78, 5) is 0. The van der Waals surface area contributed by atoms with Gasteiger partial charge in [-0.25, -0.2) is 8.42 Å². The third-order valence-electron chi connectivity index (χ3n) is 2.99. The van der Waals surface area contributed by atoms with Gasteiger partial charge in [-0.05, 0) is 37.6 Å². The predicted octanol–water partition coefficient (Wildman–Crippen LogP) is 2.92. The van der Waals surface area contributed by atoms with Crippen molar-refractivity contribution in [1.29, 1.82) is 0 Å². The number of benzene rings is 1. The standard InChI is InChI=1S/C13H20BrNO2S/c1-4-9-15-13(10(2)18(3,16)17)11-5-7-12(14)8-6-11/h5-8,10,13,15H,4,9H2,1-3H3. The van der Waals surface area contributed by atoms with Gasteiger partial charge in [-0.2, -0.15) is 0 Å². The molecule has 2 atom stereocenters. The third kappa shape index (κ3) is 4.37. The lowest BCUT2D eigenvalue weighted by atomic mass is 10.0. The van der Waals surface area contributed by atoms with Crippen molar-refractivity contribution in [2.45, 2.75) is 31.6 Å². The van der Waals surface area contributed by atoms with Gasteiger partial charge in [-0.15, -0.1) is 0 Å². The molecule has 0 aromatic heterocycles. The fraction of sp³-hybridized carbons (Fsp3) is 0.538. The SMILES string of the molecule is CCCNC(c1ccc(Br)cc1)C(C)S(C)(=O)=O. The van der Waals surface area contributed by atoms with Crippen LogP contribution in [0.2, 0.25) is 0 Å². The van der Waals surface area contributed by atoms with E-state index in [4.69, 9.17) is 0 Å². The van der Waals surface area contributed by atoms with E-state index in [2.05, 4.69) is 28.2 Å². The molecule has 0 aliphatic rings. The van der Waals surface area contributed by atoms with Crippen molar-refractivity contribution >= 4 is 25.8 Å². The molecule has 0 fully saturated rings. The van der Waals surface area contributed by atoms with Crippen LogP contribution in [0.4, 0.5) is 0 Å². The molecule has 0 bridgehead atoms. The van der Waals surface area contributed by atoms with Gasteiger partial charge in [-0.3, -0.25) is 0 Å². The molecule has 18 heavy (non-hydrogen) atoms. The van der Waals surface area contributed by atoms with Crippen molar-refractivity contribution in [2.75, 3.05) is 12.8 Å². The Morgan fingerprint density at radius 1 is 1.28 bits per heavy atom. The maximum absolute atomic E-state index is 11.7. The average Bonchev–Trinajstić information content (AvgIpc) is 2.30. The van der Waals surface area contributed by atoms with Crippen LogP contribution in [0.5, 0.6) is 0 Å². The normalized spacial score (nSPS) is 15.3. The zero-order valence-corrected chi connectivity index (χ0v) is 13.4. The summed E-state index contributed by atoms with van der Waals surface area (Å²) in [6.07, 6.45) is 2.26. The van der Waals surface area contributed by atoms with Gasteiger partial charge in [0, 0.05) is 16.8 Å². The summed E-state index contributed by atoms with van der Waals surface area (Å²) in [5.74, 6) is 0. The topological polar surface area (TPSA) is 46.2 Å². The second kappa shape index (κ2) is 6.68. The fourth-order valence-electron chi connectivity index (χ4n) is 1.77. The second-order valence-corrected chi connectivity index (χ2v) is 7.84. The molecule has 0 radical (unpaired) electrons. The molecule has 0 saturated carbocycles. The minimum atomic E-state index is -3.06. The first-order valence-electron chi connectivity index (χ1n) is 6.04. The molecular formula is C13H20BrNO2S. The van der Waals surface area contributed by atoms with E-state index in [1.165, 1.54) is 6.26 Å². The predicted molar refractivity (Wildman–Crippen MR) is 79.5 cm³/mol. The average molecular weight is 334 g/mol. The van der Waals surface area contributed by atoms with Crippen LogP contribution in [0.25, 0.3) is 0 Å². The number of sulfone groups is 1. The van der Waals surface area contributed by atoms with Gasteiger partial charge in [0.1, 0.15) is 0 Å². The molecule has 1 aromatic carbocycles. The molecule has 0 heterocycles. The van der Waals surface area contributed by atoms with E-state index in [0.29, 0.717) is 0 Å². The molecule has 0 saturated heterocycles. The fourth-order valence-corrected chi connectivity index (χ4v) is 2.78. The highest BCUT2D eigenvalue weighted by atomic mass is 79.9. The van der Waals surface area contributed by atoms with Crippen molar-refractivity contribution < 1.29 is 8.42 Å². The monoisotopic (exact) mass is 333 g/mol. The van der Waals surface area contributed by atoms with Crippen LogP contribution < -0.4 is 5.32 Å². The van der Waals surface area contributed by atoms with Crippen molar-refractivity contribution in [2.24, 2.45) is 0 Å². The first kappa shape index (κ1) is 15.7. The third-order valence-corrected chi connectivity index (χ3v) is 5.14. The van der Waals surface area contributed by atoms with Gasteiger partial charge >= 0.3 is 0 Å². The second-order valence-electron chi connectivity index (χ2n) is 4.52. The Kier molecular flexibility index (Phi) is 5.82. The van der Waals surface area contributed by atoms with Crippen LogP contribution in [0.1, 0.15) is 31.9 Å². The van der Waals surface area contributed by atoms with E-state index < -0.39 is 15.1 Å². The minimum Gasteiger partial charge on any atom is -0.309 e. The number of rotatable bonds is 6. The highest BCUT2D eigenvalue weighted by Crippen LogP contribution is 2.23. The van der Waals surface area contributed by atoms with Gasteiger partial charge in [0.15, 0.2) is 9.84 Å². The molecule has 0 amide bonds. The number of nitrogens with one attached hydrogen (secondary N) is 1. The van der Waals surface area contributed by atoms with Crippen LogP contribution in [0.15, 0.2) is 28.7 Å². The Labute approximate surface area is 118 Å². The molecule has 2 unspecified atom stereocenters. The van der Waals surface area contributed by atoms with Crippen LogP contribution in [0.3, 0.4) is 0 Å². The molecule has 1 aromatic rings. The molecule has 0 aliphatic carbocycles. The van der Waals surface area contributed by atoms with Crippen LogP contribution in [-0.2, 0) is 9.84 Å². The minimum absolute atomic E-state index is 0.159. The van der Waals surface area contributed by atoms with Gasteiger partial charge < -0.3 is 5.32 Å². The van der Waals surface area contributed by atoms with E-state index in [0.717, 1.165) is 23.0 Å². The van der Waals surface area contributed by atoms with E-state index in [1.807, 2.05) is 24.3 Å². The Morgan fingerprint density at radius 3 is 2.28 bits per heavy atom. The quantitative estimate of drug-likeness (QED) is 0.870. The first-order chi connectivity index (χ1) is 8.36. The first-order valence-corrected chi connectivity index (χ1v) is 8.78. The molecule has 5 heteroatoms. The van der Waals surface area contributed by atoms with E-state index in [9.17, 15) is 8.42 Å². The summed E-state index contributed by atoms with van der Waals surface area (Å²) in [5, 5.41) is 2.88. The summed E-state index contributed by atoms with van der Waals surface area (Å²) in [6.45, 7) is 4.63. The van der Waals surface area contributed by atoms with E-state index >= 15 is 0 Å². The zero-order valence-electron chi connectivity index (χ0n) is 11.0. The summed E-state index contributed by atoms with van der Waals surface area (Å²) in [7, 11) is -3.06. The Balaban J connectivity index is 3.01. The summed E-state index contributed by atoms with van der Waals surface area (Å²) in [6, 6.07) is 7.63. The molecule has 1 N–H and O–H groups in total. The summed E-state index contributed by atoms with van der Waals surface area (Å²) < 4.78 is 24.4. The summed E-state index contributed by atoms with van der Waals surface area (Å²) in [5.41, 5.74) is 1.00. The maximum Gasteiger partial charge on any atom is 0.151 e. The van der Waals surface area contributed by atoms with Crippen molar-refractivity contribution in [3.8, 4) is 0 Å². The summed E-state index contributed by atoms with van der Waals surface area (Å²) >= 11 is 3.39. The number of hydrogen-bond acceptors (Lipinski definition) is 3. The number of halogens is 1. The largest absolute Gasteiger partial charge is 0.309 e. The Morgan fingerprint density at radius 2 is 1.83 bits per heavy atom. The van der Waals surface area contributed by atoms with Crippen molar-refractivity contribution in [3.63, 3.8) is 0 Å². The highest BCUT2D eigenvalue weighted by molar-refractivity contribution is 9.10. The molecular weight excluding hydrogens is 314 g/mol. The van der Waals surface area contributed by atoms with Gasteiger partial charge in [0.2, 0.25) is 0 Å². The number of hydrogen-bond donors (Lipinski definition) is 1. The zero-order chi connectivity index (χ0) is 13.8. The Hall–Kier alpha value is -0.390. The van der Waals surface area contributed by atoms with E-state index in [-0.39, 0.29) is 6.04 Å². The molecule has 3 nitrogen and oxygen atoms in total. The lowest BCUT2D eigenvalue weighted by Gasteiger charge is -2.24.